The van der Waals surface area contributed by atoms with Gasteiger partial charge in [-0.05, 0) is 36.4 Å². The van der Waals surface area contributed by atoms with Crippen molar-refractivity contribution < 1.29 is 4.74 Å². The van der Waals surface area contributed by atoms with Gasteiger partial charge >= 0.3 is 0 Å². The first-order valence-electron chi connectivity index (χ1n) is 8.05. The molecule has 126 valence electrons. The van der Waals surface area contributed by atoms with Gasteiger partial charge in [0.15, 0.2) is 0 Å². The van der Waals surface area contributed by atoms with E-state index in [9.17, 15) is 0 Å². The molecular weight excluding hydrogens is 346 g/mol. The van der Waals surface area contributed by atoms with Crippen LogP contribution in [0.2, 0.25) is 0 Å². The van der Waals surface area contributed by atoms with E-state index in [1.165, 1.54) is 11.3 Å². The number of benzene rings is 2. The lowest BCUT2D eigenvalue weighted by Gasteiger charge is -2.01. The number of hydrogen-bond donors (Lipinski definition) is 0. The summed E-state index contributed by atoms with van der Waals surface area (Å²) >= 11 is 1.49. The minimum absolute atomic E-state index is 0.641. The Bertz CT molecular complexity index is 1230. The van der Waals surface area contributed by atoms with Crippen LogP contribution in [0.15, 0.2) is 60.7 Å². The van der Waals surface area contributed by atoms with Gasteiger partial charge in [0.1, 0.15) is 16.5 Å². The number of para-hydroxylation sites is 1. The van der Waals surface area contributed by atoms with E-state index >= 15 is 0 Å². The zero-order valence-corrected chi connectivity index (χ0v) is 14.6. The lowest BCUT2D eigenvalue weighted by atomic mass is 10.2. The highest BCUT2D eigenvalue weighted by molar-refractivity contribution is 7.19. The summed E-state index contributed by atoms with van der Waals surface area (Å²) in [5, 5.41) is 15.2. The zero-order valence-electron chi connectivity index (χ0n) is 13.8. The van der Waals surface area contributed by atoms with Crippen molar-refractivity contribution in [1.29, 1.82) is 0 Å². The summed E-state index contributed by atoms with van der Waals surface area (Å²) in [6.45, 7) is 0. The molecule has 0 atom stereocenters. The van der Waals surface area contributed by atoms with E-state index < -0.39 is 0 Å². The Morgan fingerprint density at radius 2 is 1.77 bits per heavy atom. The fourth-order valence-electron chi connectivity index (χ4n) is 2.82. The highest BCUT2D eigenvalue weighted by atomic mass is 32.1. The van der Waals surface area contributed by atoms with Gasteiger partial charge in [0.25, 0.3) is 0 Å². The third-order valence-corrected chi connectivity index (χ3v) is 5.10. The van der Waals surface area contributed by atoms with Gasteiger partial charge in [0.05, 0.1) is 12.6 Å². The molecule has 0 aliphatic carbocycles. The van der Waals surface area contributed by atoms with Crippen molar-refractivity contribution in [2.45, 2.75) is 0 Å². The molecule has 0 aliphatic heterocycles. The molecule has 0 radical (unpaired) electrons. The predicted molar refractivity (Wildman–Crippen MR) is 101 cm³/mol. The molecule has 3 heterocycles. The molecule has 0 saturated carbocycles. The molecule has 7 heteroatoms. The number of pyridine rings is 1. The van der Waals surface area contributed by atoms with Crippen molar-refractivity contribution in [2.24, 2.45) is 0 Å². The SMILES string of the molecule is COc1ccc(-c2nn3c(-c4ccc5ccccc5n4)nnc3s2)cc1. The standard InChI is InChI=1S/C19H13N5OS/c1-25-14-9-6-13(7-10-14)18-23-24-17(21-22-19(24)26-18)16-11-8-12-4-2-3-5-15(12)20-16/h2-11H,1H3. The normalized spacial score (nSPS) is 11.3. The Morgan fingerprint density at radius 3 is 2.62 bits per heavy atom. The molecule has 2 aromatic carbocycles. The summed E-state index contributed by atoms with van der Waals surface area (Å²) < 4.78 is 6.96. The van der Waals surface area contributed by atoms with Crippen LogP contribution in [0.25, 0.3) is 38.0 Å². The first-order valence-corrected chi connectivity index (χ1v) is 8.86. The van der Waals surface area contributed by atoms with E-state index in [1.54, 1.807) is 11.6 Å². The third kappa shape index (κ3) is 2.41. The van der Waals surface area contributed by atoms with E-state index in [0.717, 1.165) is 37.9 Å². The number of ether oxygens (including phenoxy) is 1. The van der Waals surface area contributed by atoms with Gasteiger partial charge in [-0.25, -0.2) is 4.98 Å². The summed E-state index contributed by atoms with van der Waals surface area (Å²) in [5.74, 6) is 1.46. The largest absolute Gasteiger partial charge is 0.497 e. The first kappa shape index (κ1) is 15.0. The van der Waals surface area contributed by atoms with Gasteiger partial charge in [-0.15, -0.1) is 10.2 Å². The van der Waals surface area contributed by atoms with E-state index in [-0.39, 0.29) is 0 Å². The molecule has 26 heavy (non-hydrogen) atoms. The molecule has 0 aliphatic rings. The van der Waals surface area contributed by atoms with Crippen LogP contribution in [0.3, 0.4) is 0 Å². The van der Waals surface area contributed by atoms with Gasteiger partial charge < -0.3 is 4.74 Å². The minimum Gasteiger partial charge on any atom is -0.497 e. The molecule has 0 bridgehead atoms. The Hall–Kier alpha value is -3.32. The van der Waals surface area contributed by atoms with Crippen molar-refractivity contribution in [3.05, 3.63) is 60.7 Å². The molecule has 0 N–H and O–H groups in total. The second kappa shape index (κ2) is 5.89. The van der Waals surface area contributed by atoms with Crippen molar-refractivity contribution in [1.82, 2.24) is 24.8 Å². The number of nitrogens with zero attached hydrogens (tertiary/aromatic N) is 5. The summed E-state index contributed by atoms with van der Waals surface area (Å²) in [4.78, 5) is 5.43. The van der Waals surface area contributed by atoms with Crippen LogP contribution in [0, 0.1) is 0 Å². The number of methoxy groups -OCH3 is 1. The molecule has 0 saturated heterocycles. The minimum atomic E-state index is 0.641. The predicted octanol–water partition coefficient (Wildman–Crippen LogP) is 4.08. The van der Waals surface area contributed by atoms with Crippen molar-refractivity contribution >= 4 is 27.2 Å². The van der Waals surface area contributed by atoms with Crippen LogP contribution < -0.4 is 4.74 Å². The molecular formula is C19H13N5OS. The average Bonchev–Trinajstić information content (AvgIpc) is 3.28. The van der Waals surface area contributed by atoms with Crippen LogP contribution in [-0.4, -0.2) is 31.9 Å². The second-order valence-electron chi connectivity index (χ2n) is 5.74. The van der Waals surface area contributed by atoms with E-state index in [0.29, 0.717) is 5.82 Å². The number of fused-ring (bicyclic) bond motifs is 2. The van der Waals surface area contributed by atoms with Crippen molar-refractivity contribution in [3.63, 3.8) is 0 Å². The smallest absolute Gasteiger partial charge is 0.235 e. The summed E-state index contributed by atoms with van der Waals surface area (Å²) in [7, 11) is 1.65. The fraction of sp³-hybridized carbons (Fsp3) is 0.0526. The molecule has 0 fully saturated rings. The summed E-state index contributed by atoms with van der Waals surface area (Å²) in [6.07, 6.45) is 0. The number of rotatable bonds is 3. The quantitative estimate of drug-likeness (QED) is 0.486. The third-order valence-electron chi connectivity index (χ3n) is 4.16. The van der Waals surface area contributed by atoms with Crippen LogP contribution in [0.5, 0.6) is 5.75 Å². The van der Waals surface area contributed by atoms with Gasteiger partial charge in [0.2, 0.25) is 10.8 Å². The van der Waals surface area contributed by atoms with Gasteiger partial charge in [-0.3, -0.25) is 0 Å². The Balaban J connectivity index is 1.60. The molecule has 3 aromatic heterocycles. The van der Waals surface area contributed by atoms with Crippen LogP contribution in [-0.2, 0) is 0 Å². The number of aromatic nitrogens is 5. The lowest BCUT2D eigenvalue weighted by Crippen LogP contribution is -1.94. The second-order valence-corrected chi connectivity index (χ2v) is 6.70. The van der Waals surface area contributed by atoms with Crippen LogP contribution in [0.1, 0.15) is 0 Å². The molecule has 5 rings (SSSR count). The van der Waals surface area contributed by atoms with E-state index in [4.69, 9.17) is 9.72 Å². The molecule has 5 aromatic rings. The lowest BCUT2D eigenvalue weighted by molar-refractivity contribution is 0.415. The monoisotopic (exact) mass is 359 g/mol. The van der Waals surface area contributed by atoms with E-state index in [1.807, 2.05) is 60.7 Å². The fourth-order valence-corrected chi connectivity index (χ4v) is 3.66. The van der Waals surface area contributed by atoms with E-state index in [2.05, 4.69) is 15.3 Å². The molecule has 0 unspecified atom stereocenters. The first-order chi connectivity index (χ1) is 12.8. The Labute approximate surface area is 152 Å². The molecule has 6 nitrogen and oxygen atoms in total. The average molecular weight is 359 g/mol. The van der Waals surface area contributed by atoms with Crippen molar-refractivity contribution in [3.8, 4) is 27.8 Å². The maximum absolute atomic E-state index is 5.21. The molecule has 0 spiro atoms. The summed E-state index contributed by atoms with van der Waals surface area (Å²) in [6, 6.07) is 19.8. The number of hydrogen-bond acceptors (Lipinski definition) is 6. The van der Waals surface area contributed by atoms with Gasteiger partial charge in [-0.2, -0.15) is 9.61 Å². The van der Waals surface area contributed by atoms with Gasteiger partial charge in [-0.1, -0.05) is 35.6 Å². The van der Waals surface area contributed by atoms with Crippen LogP contribution in [0.4, 0.5) is 0 Å². The topological polar surface area (TPSA) is 65.2 Å². The maximum atomic E-state index is 5.21. The summed E-state index contributed by atoms with van der Waals surface area (Å²) in [5.41, 5.74) is 2.69. The Kier molecular flexibility index (Phi) is 3.39. The zero-order chi connectivity index (χ0) is 17.5. The maximum Gasteiger partial charge on any atom is 0.235 e. The highest BCUT2D eigenvalue weighted by Crippen LogP contribution is 2.29. The van der Waals surface area contributed by atoms with Crippen molar-refractivity contribution in [2.75, 3.05) is 7.11 Å². The Morgan fingerprint density at radius 1 is 0.923 bits per heavy atom. The van der Waals surface area contributed by atoms with Crippen LogP contribution >= 0.6 is 11.3 Å². The highest BCUT2D eigenvalue weighted by Gasteiger charge is 2.15. The van der Waals surface area contributed by atoms with Gasteiger partial charge in [0, 0.05) is 10.9 Å². The molecule has 0 amide bonds.